The number of halogens is 5. The lowest BCUT2D eigenvalue weighted by Crippen LogP contribution is -2.42. The summed E-state index contributed by atoms with van der Waals surface area (Å²) in [6.07, 6.45) is -1.81. The Morgan fingerprint density at radius 1 is 1.13 bits per heavy atom. The average Bonchev–Trinajstić information content (AvgIpc) is 3.39. The summed E-state index contributed by atoms with van der Waals surface area (Å²) < 4.78 is 43.7. The Morgan fingerprint density at radius 3 is 2.26 bits per heavy atom. The van der Waals surface area contributed by atoms with Crippen LogP contribution in [0.1, 0.15) is 24.5 Å². The third-order valence-corrected chi connectivity index (χ3v) is 4.92. The molecular formula is C21H18Cl2F3N3O2. The second-order valence-electron chi connectivity index (χ2n) is 6.60. The number of aromatic nitrogens is 2. The highest BCUT2D eigenvalue weighted by molar-refractivity contribution is 6.34. The second kappa shape index (κ2) is 9.30. The summed E-state index contributed by atoms with van der Waals surface area (Å²) in [5.74, 6) is 0. The molecule has 0 amide bonds. The largest absolute Gasteiger partial charge is 0.435 e. The van der Waals surface area contributed by atoms with Crippen molar-refractivity contribution >= 4 is 28.9 Å². The smallest absolute Gasteiger partial charge is 0.397 e. The molecule has 2 aromatic carbocycles. The van der Waals surface area contributed by atoms with E-state index in [9.17, 15) is 13.2 Å². The fourth-order valence-electron chi connectivity index (χ4n) is 3.07. The zero-order chi connectivity index (χ0) is 22.6. The first-order valence-corrected chi connectivity index (χ1v) is 9.95. The molecule has 1 aliphatic rings. The molecule has 0 fully saturated rings. The molecule has 4 rings (SSSR count). The summed E-state index contributed by atoms with van der Waals surface area (Å²) in [6, 6.07) is 12.4. The molecule has 0 aliphatic carbocycles. The van der Waals surface area contributed by atoms with E-state index in [0.717, 1.165) is 5.69 Å². The van der Waals surface area contributed by atoms with Crippen LogP contribution in [0.15, 0.2) is 66.1 Å². The van der Waals surface area contributed by atoms with Gasteiger partial charge in [0.1, 0.15) is 0 Å². The Bertz CT molecular complexity index is 1030. The molecule has 3 aromatic rings. The van der Waals surface area contributed by atoms with Crippen molar-refractivity contribution in [3.8, 4) is 5.69 Å². The van der Waals surface area contributed by atoms with Crippen LogP contribution in [-0.4, -0.2) is 33.4 Å². The Kier molecular flexibility index (Phi) is 6.93. The van der Waals surface area contributed by atoms with E-state index in [-0.39, 0.29) is 27.9 Å². The van der Waals surface area contributed by atoms with Gasteiger partial charge in [0.15, 0.2) is 0 Å². The summed E-state index contributed by atoms with van der Waals surface area (Å²) in [5.41, 5.74) is -1.35. The third kappa shape index (κ3) is 4.87. The number of alkyl halides is 3. The van der Waals surface area contributed by atoms with Gasteiger partial charge in [-0.1, -0.05) is 40.5 Å². The molecule has 2 heterocycles. The van der Waals surface area contributed by atoms with Crippen LogP contribution in [-0.2, 0) is 10.4 Å². The number of rotatable bonds is 3. The van der Waals surface area contributed by atoms with Crippen LogP contribution >= 0.6 is 23.2 Å². The van der Waals surface area contributed by atoms with Crippen LogP contribution in [0.2, 0.25) is 10.0 Å². The first-order chi connectivity index (χ1) is 14.7. The summed E-state index contributed by atoms with van der Waals surface area (Å²) in [4.78, 5) is 5.00. The number of oxime groups is 1. The highest BCUT2D eigenvalue weighted by Gasteiger charge is 2.62. The van der Waals surface area contributed by atoms with Crippen molar-refractivity contribution < 1.29 is 23.1 Å². The van der Waals surface area contributed by atoms with Crippen molar-refractivity contribution in [2.24, 2.45) is 5.16 Å². The Balaban J connectivity index is 0.000000858. The fourth-order valence-corrected chi connectivity index (χ4v) is 3.60. The first-order valence-electron chi connectivity index (χ1n) is 9.20. The van der Waals surface area contributed by atoms with Gasteiger partial charge in [0.2, 0.25) is 0 Å². The van der Waals surface area contributed by atoms with E-state index in [1.807, 2.05) is 0 Å². The minimum atomic E-state index is -4.72. The van der Waals surface area contributed by atoms with Gasteiger partial charge in [0, 0.05) is 41.0 Å². The number of aliphatic hydroxyl groups excluding tert-OH is 1. The summed E-state index contributed by atoms with van der Waals surface area (Å²) >= 11 is 11.8. The zero-order valence-corrected chi connectivity index (χ0v) is 17.8. The summed E-state index contributed by atoms with van der Waals surface area (Å²) in [5, 5.41) is 15.6. The quantitative estimate of drug-likeness (QED) is 0.528. The average molecular weight is 472 g/mol. The fraction of sp³-hybridized carbons (Fsp3) is 0.238. The predicted molar refractivity (Wildman–Crippen MR) is 113 cm³/mol. The second-order valence-corrected chi connectivity index (χ2v) is 7.48. The van der Waals surface area contributed by atoms with Crippen LogP contribution in [0, 0.1) is 0 Å². The van der Waals surface area contributed by atoms with Crippen LogP contribution in [0.25, 0.3) is 5.69 Å². The van der Waals surface area contributed by atoms with Gasteiger partial charge in [0.05, 0.1) is 11.4 Å². The molecule has 5 nitrogen and oxygen atoms in total. The molecule has 0 bridgehead atoms. The topological polar surface area (TPSA) is 59.6 Å². The van der Waals surface area contributed by atoms with Gasteiger partial charge in [-0.3, -0.25) is 0 Å². The Hall–Kier alpha value is -2.55. The van der Waals surface area contributed by atoms with Crippen molar-refractivity contribution in [1.29, 1.82) is 0 Å². The van der Waals surface area contributed by atoms with Crippen molar-refractivity contribution in [1.82, 2.24) is 9.78 Å². The van der Waals surface area contributed by atoms with E-state index < -0.39 is 18.2 Å². The molecule has 1 atom stereocenters. The van der Waals surface area contributed by atoms with Gasteiger partial charge in [-0.05, 0) is 48.9 Å². The lowest BCUT2D eigenvalue weighted by Gasteiger charge is -2.29. The Labute approximate surface area is 186 Å². The van der Waals surface area contributed by atoms with Gasteiger partial charge >= 0.3 is 6.18 Å². The highest BCUT2D eigenvalue weighted by Crippen LogP contribution is 2.49. The SMILES string of the molecule is CCO.FC(F)(F)C1(c2cc(Cl)cc(Cl)c2)CC(c2ccc(-n3cccn3)cc2)=NO1. The molecule has 1 aromatic heterocycles. The predicted octanol–water partition coefficient (Wildman–Crippen LogP) is 5.76. The molecule has 1 unspecified atom stereocenters. The van der Waals surface area contributed by atoms with Crippen LogP contribution in [0.4, 0.5) is 13.2 Å². The summed E-state index contributed by atoms with van der Waals surface area (Å²) in [7, 11) is 0. The Morgan fingerprint density at radius 2 is 1.74 bits per heavy atom. The van der Waals surface area contributed by atoms with Gasteiger partial charge in [-0.2, -0.15) is 18.3 Å². The standard InChI is InChI=1S/C19H12Cl2F3N3O.C2H6O/c20-14-8-13(9-15(21)10-14)18(19(22,23)24)11-17(26-28-18)12-2-4-16(5-3-12)27-7-1-6-25-27;1-2-3/h1-10H,11H2;3H,2H2,1H3. The molecule has 1 aliphatic heterocycles. The van der Waals surface area contributed by atoms with Crippen LogP contribution < -0.4 is 0 Å². The van der Waals surface area contributed by atoms with E-state index in [4.69, 9.17) is 33.1 Å². The lowest BCUT2D eigenvalue weighted by molar-refractivity contribution is -0.275. The van der Waals surface area contributed by atoms with Gasteiger partial charge in [-0.15, -0.1) is 0 Å². The molecule has 10 heteroatoms. The molecule has 0 saturated carbocycles. The van der Waals surface area contributed by atoms with Gasteiger partial charge < -0.3 is 9.94 Å². The van der Waals surface area contributed by atoms with Crippen molar-refractivity contribution in [3.05, 3.63) is 82.1 Å². The van der Waals surface area contributed by atoms with Crippen molar-refractivity contribution in [3.63, 3.8) is 0 Å². The van der Waals surface area contributed by atoms with Crippen molar-refractivity contribution in [2.45, 2.75) is 25.1 Å². The molecular weight excluding hydrogens is 454 g/mol. The number of benzene rings is 2. The number of aliphatic hydroxyl groups is 1. The van der Waals surface area contributed by atoms with E-state index in [0.29, 0.717) is 5.56 Å². The maximum Gasteiger partial charge on any atom is 0.435 e. The monoisotopic (exact) mass is 471 g/mol. The van der Waals surface area contributed by atoms with E-state index >= 15 is 0 Å². The number of nitrogens with zero attached hydrogens (tertiary/aromatic N) is 3. The minimum Gasteiger partial charge on any atom is -0.397 e. The first kappa shape index (κ1) is 23.1. The highest BCUT2D eigenvalue weighted by atomic mass is 35.5. The minimum absolute atomic E-state index is 0.0896. The normalized spacial score (nSPS) is 18.1. The number of hydrogen-bond donors (Lipinski definition) is 1. The zero-order valence-electron chi connectivity index (χ0n) is 16.3. The molecule has 0 saturated heterocycles. The molecule has 1 N–H and O–H groups in total. The lowest BCUT2D eigenvalue weighted by atomic mass is 9.86. The maximum atomic E-state index is 14.0. The molecule has 0 spiro atoms. The van der Waals surface area contributed by atoms with E-state index in [2.05, 4.69) is 10.3 Å². The number of hydrogen-bond acceptors (Lipinski definition) is 4. The third-order valence-electron chi connectivity index (χ3n) is 4.48. The molecule has 31 heavy (non-hydrogen) atoms. The van der Waals surface area contributed by atoms with Gasteiger partial charge in [-0.25, -0.2) is 4.68 Å². The van der Waals surface area contributed by atoms with E-state index in [1.54, 1.807) is 54.3 Å². The van der Waals surface area contributed by atoms with Crippen LogP contribution in [0.3, 0.4) is 0 Å². The molecule has 0 radical (unpaired) electrons. The maximum absolute atomic E-state index is 14.0. The van der Waals surface area contributed by atoms with Crippen LogP contribution in [0.5, 0.6) is 0 Å². The van der Waals surface area contributed by atoms with E-state index in [1.165, 1.54) is 18.2 Å². The van der Waals surface area contributed by atoms with Gasteiger partial charge in [0.25, 0.3) is 5.60 Å². The molecule has 164 valence electrons. The summed E-state index contributed by atoms with van der Waals surface area (Å²) in [6.45, 7) is 1.93. The van der Waals surface area contributed by atoms with Crippen molar-refractivity contribution in [2.75, 3.05) is 6.61 Å².